The third-order valence-electron chi connectivity index (χ3n) is 5.97. The minimum absolute atomic E-state index is 0. The number of carboxylic acid groups (broad SMARTS) is 3. The van der Waals surface area contributed by atoms with Crippen LogP contribution in [0.3, 0.4) is 0 Å². The zero-order chi connectivity index (χ0) is 26.8. The number of pyridine rings is 1. The summed E-state index contributed by atoms with van der Waals surface area (Å²) in [5.74, 6) is -3.01. The minimum Gasteiger partial charge on any atom is -0.480 e. The molecule has 1 atom stereocenters. The fraction of sp³-hybridized carbons (Fsp3) is 0.400. The quantitative estimate of drug-likeness (QED) is 0.276. The SMILES string of the molecule is Cl.Cl.Cl.O=C(O)CN1CCN(CC(=O)O)C[C@H](Cc2ccc(N=C=S)cc2)N(CC(=O)O)Cc2cccc(n2)C1. The zero-order valence-electron chi connectivity index (χ0n) is 21.4. The molecular weight excluding hydrogens is 605 g/mol. The van der Waals surface area contributed by atoms with E-state index < -0.39 is 17.9 Å². The fourth-order valence-corrected chi connectivity index (χ4v) is 4.49. The van der Waals surface area contributed by atoms with E-state index >= 15 is 0 Å². The summed E-state index contributed by atoms with van der Waals surface area (Å²) in [7, 11) is 0. The molecule has 1 aliphatic heterocycles. The maximum Gasteiger partial charge on any atom is 0.317 e. The van der Waals surface area contributed by atoms with Crippen molar-refractivity contribution in [2.75, 3.05) is 39.3 Å². The van der Waals surface area contributed by atoms with E-state index in [-0.39, 0.29) is 82.5 Å². The molecule has 0 unspecified atom stereocenters. The molecule has 0 aliphatic carbocycles. The van der Waals surface area contributed by atoms with Gasteiger partial charge in [0.1, 0.15) is 0 Å². The molecule has 220 valence electrons. The molecule has 1 aliphatic rings. The van der Waals surface area contributed by atoms with Crippen LogP contribution in [0.15, 0.2) is 47.5 Å². The average Bonchev–Trinajstić information content (AvgIpc) is 2.81. The summed E-state index contributed by atoms with van der Waals surface area (Å²) in [5, 5.41) is 30.9. The van der Waals surface area contributed by atoms with Crippen LogP contribution >= 0.6 is 49.4 Å². The van der Waals surface area contributed by atoms with Crippen molar-refractivity contribution < 1.29 is 29.7 Å². The molecule has 2 aromatic rings. The molecule has 1 aromatic heterocycles. The predicted molar refractivity (Wildman–Crippen MR) is 160 cm³/mol. The molecule has 15 heteroatoms. The standard InChI is InChI=1S/C25H29N5O6S.3ClH/c31-23(32)14-28-8-9-29(15-24(33)34)13-22(10-18-4-6-19(7-5-18)26-17-37)30(16-25(35)36)12-21-3-1-2-20(11-28)27-21;;;/h1-7,22H,8-16H2,(H,31,32)(H,33,34)(H,35,36);3*1H/t22-;;;/m0.../s1. The van der Waals surface area contributed by atoms with Crippen molar-refractivity contribution in [2.24, 2.45) is 4.99 Å². The lowest BCUT2D eigenvalue weighted by atomic mass is 10.0. The smallest absolute Gasteiger partial charge is 0.317 e. The molecule has 40 heavy (non-hydrogen) atoms. The molecule has 0 fully saturated rings. The van der Waals surface area contributed by atoms with Gasteiger partial charge in [0.15, 0.2) is 0 Å². The molecule has 0 radical (unpaired) electrons. The highest BCUT2D eigenvalue weighted by molar-refractivity contribution is 7.78. The third kappa shape index (κ3) is 12.7. The van der Waals surface area contributed by atoms with E-state index in [4.69, 9.17) is 0 Å². The van der Waals surface area contributed by atoms with Crippen LogP contribution in [0.4, 0.5) is 5.69 Å². The first kappa shape index (κ1) is 37.3. The molecule has 2 heterocycles. The van der Waals surface area contributed by atoms with Crippen LogP contribution < -0.4 is 0 Å². The number of benzene rings is 1. The second-order valence-electron chi connectivity index (χ2n) is 8.88. The number of aromatic nitrogens is 1. The highest BCUT2D eigenvalue weighted by Crippen LogP contribution is 2.19. The van der Waals surface area contributed by atoms with Gasteiger partial charge in [-0.1, -0.05) is 18.2 Å². The Labute approximate surface area is 256 Å². The van der Waals surface area contributed by atoms with E-state index in [2.05, 4.69) is 27.4 Å². The molecular formula is C25H32Cl3N5O6S. The summed E-state index contributed by atoms with van der Waals surface area (Å²) in [5.41, 5.74) is 2.87. The number of thiocarbonyl (C=S) groups is 1. The summed E-state index contributed by atoms with van der Waals surface area (Å²) in [6.45, 7) is 0.649. The van der Waals surface area contributed by atoms with Crippen molar-refractivity contribution in [2.45, 2.75) is 25.6 Å². The summed E-state index contributed by atoms with van der Waals surface area (Å²) in [6.07, 6.45) is 0.448. The van der Waals surface area contributed by atoms with Gasteiger partial charge in [-0.2, -0.15) is 4.99 Å². The molecule has 0 saturated carbocycles. The molecule has 0 amide bonds. The second-order valence-corrected chi connectivity index (χ2v) is 9.06. The Morgan fingerprint density at radius 2 is 1.40 bits per heavy atom. The number of rotatable bonds is 9. The number of hydrogen-bond acceptors (Lipinski definition) is 9. The topological polar surface area (TPSA) is 147 Å². The van der Waals surface area contributed by atoms with Crippen LogP contribution in [0, 0.1) is 0 Å². The second kappa shape index (κ2) is 18.6. The first-order valence-corrected chi connectivity index (χ1v) is 12.1. The monoisotopic (exact) mass is 635 g/mol. The molecule has 1 aromatic carbocycles. The van der Waals surface area contributed by atoms with Crippen molar-refractivity contribution in [3.8, 4) is 0 Å². The number of aliphatic imine (C=N–C) groups is 1. The zero-order valence-corrected chi connectivity index (χ0v) is 24.7. The summed E-state index contributed by atoms with van der Waals surface area (Å²) in [4.78, 5) is 48.8. The fourth-order valence-electron chi connectivity index (χ4n) is 4.38. The number of carbonyl (C=O) groups is 3. The van der Waals surface area contributed by atoms with Gasteiger partial charge in [0, 0.05) is 38.8 Å². The van der Waals surface area contributed by atoms with E-state index in [1.54, 1.807) is 39.0 Å². The number of nitrogens with zero attached hydrogens (tertiary/aromatic N) is 5. The Bertz CT molecular complexity index is 1170. The summed E-state index contributed by atoms with van der Waals surface area (Å²) in [6, 6.07) is 12.4. The largest absolute Gasteiger partial charge is 0.480 e. The van der Waals surface area contributed by atoms with E-state index in [9.17, 15) is 29.7 Å². The van der Waals surface area contributed by atoms with Gasteiger partial charge in [-0.3, -0.25) is 34.1 Å². The van der Waals surface area contributed by atoms with Gasteiger partial charge in [0.25, 0.3) is 0 Å². The van der Waals surface area contributed by atoms with Crippen molar-refractivity contribution >= 4 is 78.2 Å². The summed E-state index contributed by atoms with van der Waals surface area (Å²) >= 11 is 4.65. The molecule has 3 rings (SSSR count). The first-order valence-electron chi connectivity index (χ1n) is 11.7. The number of fused-ring (bicyclic) bond motifs is 2. The van der Waals surface area contributed by atoms with Crippen LogP contribution in [-0.4, -0.2) is 103 Å². The van der Waals surface area contributed by atoms with Crippen LogP contribution in [0.5, 0.6) is 0 Å². The number of carboxylic acids is 3. The number of halogens is 3. The maximum atomic E-state index is 11.8. The van der Waals surface area contributed by atoms with Crippen LogP contribution in [-0.2, 0) is 33.9 Å². The van der Waals surface area contributed by atoms with Crippen molar-refractivity contribution in [3.05, 3.63) is 59.4 Å². The van der Waals surface area contributed by atoms with Crippen LogP contribution in [0.25, 0.3) is 0 Å². The normalized spacial score (nSPS) is 16.4. The molecule has 2 bridgehead atoms. The Kier molecular flexibility index (Phi) is 17.4. The lowest BCUT2D eigenvalue weighted by molar-refractivity contribution is -0.141. The van der Waals surface area contributed by atoms with Gasteiger partial charge in [0.2, 0.25) is 0 Å². The van der Waals surface area contributed by atoms with Crippen molar-refractivity contribution in [3.63, 3.8) is 0 Å². The third-order valence-corrected chi connectivity index (χ3v) is 6.06. The number of isothiocyanates is 1. The van der Waals surface area contributed by atoms with Gasteiger partial charge in [-0.25, -0.2) is 0 Å². The van der Waals surface area contributed by atoms with Gasteiger partial charge in [-0.05, 0) is 48.5 Å². The van der Waals surface area contributed by atoms with E-state index in [0.717, 1.165) is 5.56 Å². The number of hydrogen-bond donors (Lipinski definition) is 3. The van der Waals surface area contributed by atoms with Crippen molar-refractivity contribution in [1.82, 2.24) is 19.7 Å². The van der Waals surface area contributed by atoms with Crippen molar-refractivity contribution in [1.29, 1.82) is 0 Å². The van der Waals surface area contributed by atoms with Gasteiger partial charge in [0.05, 0.1) is 41.9 Å². The van der Waals surface area contributed by atoms with E-state index in [0.29, 0.717) is 36.6 Å². The minimum atomic E-state index is -1.02. The predicted octanol–water partition coefficient (Wildman–Crippen LogP) is 2.87. The first-order chi connectivity index (χ1) is 17.7. The Balaban J connectivity index is 0.00000507. The van der Waals surface area contributed by atoms with Gasteiger partial charge < -0.3 is 15.3 Å². The number of aliphatic carboxylic acids is 3. The highest BCUT2D eigenvalue weighted by Gasteiger charge is 2.27. The molecule has 0 saturated heterocycles. The summed E-state index contributed by atoms with van der Waals surface area (Å²) < 4.78 is 0. The van der Waals surface area contributed by atoms with E-state index in [1.807, 2.05) is 18.2 Å². The van der Waals surface area contributed by atoms with Crippen LogP contribution in [0.2, 0.25) is 0 Å². The van der Waals surface area contributed by atoms with Crippen LogP contribution in [0.1, 0.15) is 17.0 Å². The molecule has 0 spiro atoms. The van der Waals surface area contributed by atoms with E-state index in [1.165, 1.54) is 0 Å². The van der Waals surface area contributed by atoms with Gasteiger partial charge in [-0.15, -0.1) is 37.2 Å². The Hall–Kier alpha value is -2.67. The Morgan fingerprint density at radius 3 is 1.98 bits per heavy atom. The highest BCUT2D eigenvalue weighted by atomic mass is 35.5. The van der Waals surface area contributed by atoms with Gasteiger partial charge >= 0.3 is 17.9 Å². The lowest BCUT2D eigenvalue weighted by Crippen LogP contribution is -2.50. The maximum absolute atomic E-state index is 11.8. The average molecular weight is 637 g/mol. The molecule has 11 nitrogen and oxygen atoms in total. The Morgan fingerprint density at radius 1 is 0.850 bits per heavy atom. The molecule has 3 N–H and O–H groups in total. The lowest BCUT2D eigenvalue weighted by Gasteiger charge is -2.35.